The number of ether oxygens (including phenoxy) is 1. The fourth-order valence-electron chi connectivity index (χ4n) is 2.21. The highest BCUT2D eigenvalue weighted by Crippen LogP contribution is 2.11. The van der Waals surface area contributed by atoms with Crippen molar-refractivity contribution in [3.8, 4) is 0 Å². The van der Waals surface area contributed by atoms with E-state index < -0.39 is 10.0 Å². The first-order valence-corrected chi connectivity index (χ1v) is 8.94. The second-order valence-corrected chi connectivity index (χ2v) is 7.37. The lowest BCUT2D eigenvalue weighted by molar-refractivity contribution is 0.0762. The fourth-order valence-corrected chi connectivity index (χ4v) is 3.69. The zero-order valence-corrected chi connectivity index (χ0v) is 13.0. The summed E-state index contributed by atoms with van der Waals surface area (Å²) in [6, 6.07) is 0. The maximum absolute atomic E-state index is 11.9. The van der Waals surface area contributed by atoms with Crippen LogP contribution in [0.1, 0.15) is 39.5 Å². The van der Waals surface area contributed by atoms with E-state index in [4.69, 9.17) is 4.74 Å². The van der Waals surface area contributed by atoms with Crippen LogP contribution in [0.2, 0.25) is 0 Å². The molecule has 6 heteroatoms. The van der Waals surface area contributed by atoms with Crippen LogP contribution in [0.5, 0.6) is 0 Å². The minimum Gasteiger partial charge on any atom is -0.379 e. The van der Waals surface area contributed by atoms with Crippen molar-refractivity contribution >= 4 is 10.0 Å². The van der Waals surface area contributed by atoms with Gasteiger partial charge in [-0.05, 0) is 58.5 Å². The third-order valence-corrected chi connectivity index (χ3v) is 4.75. The molecule has 0 aliphatic carbocycles. The first-order chi connectivity index (χ1) is 8.99. The summed E-state index contributed by atoms with van der Waals surface area (Å²) in [5.74, 6) is 0.512. The van der Waals surface area contributed by atoms with Crippen molar-refractivity contribution in [2.75, 3.05) is 32.0 Å². The molecule has 1 saturated heterocycles. The Bertz CT molecular complexity index is 325. The number of hydrogen-bond donors (Lipinski definition) is 2. The van der Waals surface area contributed by atoms with Gasteiger partial charge in [0.1, 0.15) is 0 Å². The molecule has 2 N–H and O–H groups in total. The fraction of sp³-hybridized carbons (Fsp3) is 1.00. The zero-order chi connectivity index (χ0) is 14.1. The number of hydrogen-bond acceptors (Lipinski definition) is 4. The van der Waals surface area contributed by atoms with Crippen LogP contribution < -0.4 is 10.0 Å². The molecule has 1 aliphatic rings. The second-order valence-electron chi connectivity index (χ2n) is 5.51. The van der Waals surface area contributed by atoms with Gasteiger partial charge in [0, 0.05) is 13.2 Å². The monoisotopic (exact) mass is 292 g/mol. The molecule has 19 heavy (non-hydrogen) atoms. The minimum atomic E-state index is -3.12. The minimum absolute atomic E-state index is 0.246. The topological polar surface area (TPSA) is 67.4 Å². The standard InChI is InChI=1S/C13H28N2O3S/c1-12(2)18-9-4-3-8-15-19(16,17)11-13-6-5-7-14-10-13/h12-15H,3-11H2,1-2H3. The number of nitrogens with one attached hydrogen (secondary N) is 2. The summed E-state index contributed by atoms with van der Waals surface area (Å²) in [7, 11) is -3.12. The summed E-state index contributed by atoms with van der Waals surface area (Å²) >= 11 is 0. The highest BCUT2D eigenvalue weighted by Gasteiger charge is 2.20. The third-order valence-electron chi connectivity index (χ3n) is 3.20. The molecule has 114 valence electrons. The molecule has 0 bridgehead atoms. The van der Waals surface area contributed by atoms with Gasteiger partial charge in [-0.15, -0.1) is 0 Å². The molecule has 0 saturated carbocycles. The van der Waals surface area contributed by atoms with E-state index in [1.165, 1.54) is 0 Å². The van der Waals surface area contributed by atoms with E-state index in [9.17, 15) is 8.42 Å². The van der Waals surface area contributed by atoms with Gasteiger partial charge in [-0.3, -0.25) is 0 Å². The molecular weight excluding hydrogens is 264 g/mol. The van der Waals surface area contributed by atoms with Crippen molar-refractivity contribution in [2.24, 2.45) is 5.92 Å². The molecule has 0 aromatic carbocycles. The molecule has 0 aromatic rings. The molecule has 1 fully saturated rings. The summed E-state index contributed by atoms with van der Waals surface area (Å²) < 4.78 is 31.8. The summed E-state index contributed by atoms with van der Waals surface area (Å²) in [5.41, 5.74) is 0. The normalized spacial score (nSPS) is 20.9. The van der Waals surface area contributed by atoms with E-state index in [0.29, 0.717) is 13.2 Å². The van der Waals surface area contributed by atoms with Crippen molar-refractivity contribution < 1.29 is 13.2 Å². The Morgan fingerprint density at radius 3 is 2.79 bits per heavy atom. The molecule has 1 atom stereocenters. The zero-order valence-electron chi connectivity index (χ0n) is 12.2. The lowest BCUT2D eigenvalue weighted by Crippen LogP contribution is -2.37. The largest absolute Gasteiger partial charge is 0.379 e. The highest BCUT2D eigenvalue weighted by atomic mass is 32.2. The van der Waals surface area contributed by atoms with Gasteiger partial charge in [-0.25, -0.2) is 13.1 Å². The van der Waals surface area contributed by atoms with Gasteiger partial charge in [0.2, 0.25) is 10.0 Å². The Labute approximate surface area is 117 Å². The maximum atomic E-state index is 11.9. The number of piperidine rings is 1. The van der Waals surface area contributed by atoms with Crippen molar-refractivity contribution in [3.05, 3.63) is 0 Å². The van der Waals surface area contributed by atoms with Gasteiger partial charge in [0.25, 0.3) is 0 Å². The van der Waals surface area contributed by atoms with Crippen molar-refractivity contribution in [3.63, 3.8) is 0 Å². The van der Waals surface area contributed by atoms with Crippen LogP contribution in [0, 0.1) is 5.92 Å². The molecule has 0 radical (unpaired) electrons. The SMILES string of the molecule is CC(C)OCCCCNS(=O)(=O)CC1CCCNC1. The Morgan fingerprint density at radius 2 is 2.16 bits per heavy atom. The van der Waals surface area contributed by atoms with E-state index in [0.717, 1.165) is 38.8 Å². The van der Waals surface area contributed by atoms with Crippen LogP contribution in [0.3, 0.4) is 0 Å². The summed E-state index contributed by atoms with van der Waals surface area (Å²) in [6.45, 7) is 7.06. The molecule has 0 aromatic heterocycles. The molecule has 1 aliphatic heterocycles. The van der Waals surface area contributed by atoms with Gasteiger partial charge >= 0.3 is 0 Å². The van der Waals surface area contributed by atoms with Crippen LogP contribution in [0.15, 0.2) is 0 Å². The number of sulfonamides is 1. The van der Waals surface area contributed by atoms with Crippen LogP contribution in [-0.2, 0) is 14.8 Å². The van der Waals surface area contributed by atoms with Crippen LogP contribution in [0.25, 0.3) is 0 Å². The predicted octanol–water partition coefficient (Wildman–Crippen LogP) is 1.11. The Balaban J connectivity index is 2.09. The van der Waals surface area contributed by atoms with E-state index in [1.807, 2.05) is 13.8 Å². The van der Waals surface area contributed by atoms with Crippen LogP contribution in [-0.4, -0.2) is 46.5 Å². The van der Waals surface area contributed by atoms with Gasteiger partial charge < -0.3 is 10.1 Å². The maximum Gasteiger partial charge on any atom is 0.211 e. The third kappa shape index (κ3) is 8.57. The van der Waals surface area contributed by atoms with Crippen molar-refractivity contribution in [1.29, 1.82) is 0 Å². The Morgan fingerprint density at radius 1 is 1.37 bits per heavy atom. The van der Waals surface area contributed by atoms with Crippen LogP contribution in [0.4, 0.5) is 0 Å². The summed E-state index contributed by atoms with van der Waals surface area (Å²) in [6.07, 6.45) is 4.05. The van der Waals surface area contributed by atoms with Crippen LogP contribution >= 0.6 is 0 Å². The molecule has 1 unspecified atom stereocenters. The van der Waals surface area contributed by atoms with E-state index in [-0.39, 0.29) is 17.8 Å². The second kappa shape index (κ2) is 8.89. The molecule has 1 rings (SSSR count). The predicted molar refractivity (Wildman–Crippen MR) is 77.7 cm³/mol. The first-order valence-electron chi connectivity index (χ1n) is 7.29. The first kappa shape index (κ1) is 16.9. The molecule has 5 nitrogen and oxygen atoms in total. The van der Waals surface area contributed by atoms with Gasteiger partial charge in [0.05, 0.1) is 11.9 Å². The molecule has 0 spiro atoms. The molecule has 1 heterocycles. The lowest BCUT2D eigenvalue weighted by atomic mass is 10.0. The quantitative estimate of drug-likeness (QED) is 0.625. The van der Waals surface area contributed by atoms with Gasteiger partial charge in [-0.1, -0.05) is 0 Å². The van der Waals surface area contributed by atoms with E-state index in [1.54, 1.807) is 0 Å². The Hall–Kier alpha value is -0.170. The van der Waals surface area contributed by atoms with Crippen molar-refractivity contribution in [1.82, 2.24) is 10.0 Å². The summed E-state index contributed by atoms with van der Waals surface area (Å²) in [4.78, 5) is 0. The molecule has 0 amide bonds. The lowest BCUT2D eigenvalue weighted by Gasteiger charge is -2.22. The summed E-state index contributed by atoms with van der Waals surface area (Å²) in [5, 5.41) is 3.24. The van der Waals surface area contributed by atoms with Gasteiger partial charge in [-0.2, -0.15) is 0 Å². The van der Waals surface area contributed by atoms with E-state index >= 15 is 0 Å². The number of unbranched alkanes of at least 4 members (excludes halogenated alkanes) is 1. The smallest absolute Gasteiger partial charge is 0.211 e. The highest BCUT2D eigenvalue weighted by molar-refractivity contribution is 7.89. The Kier molecular flexibility index (Phi) is 7.90. The average Bonchev–Trinajstić information content (AvgIpc) is 2.34. The van der Waals surface area contributed by atoms with E-state index in [2.05, 4.69) is 10.0 Å². The average molecular weight is 292 g/mol. The molecular formula is C13H28N2O3S. The van der Waals surface area contributed by atoms with Crippen molar-refractivity contribution in [2.45, 2.75) is 45.6 Å². The number of rotatable bonds is 9. The van der Waals surface area contributed by atoms with Gasteiger partial charge in [0.15, 0.2) is 0 Å².